The van der Waals surface area contributed by atoms with Crippen molar-refractivity contribution in [3.8, 4) is 0 Å². The SMILES string of the molecule is CCN(CC)CCCNCc1ccn(C)c1. The van der Waals surface area contributed by atoms with Crippen LogP contribution in [0.4, 0.5) is 0 Å². The maximum Gasteiger partial charge on any atom is 0.0220 e. The van der Waals surface area contributed by atoms with Gasteiger partial charge in [-0.1, -0.05) is 13.8 Å². The molecule has 16 heavy (non-hydrogen) atoms. The Morgan fingerprint density at radius 1 is 1.31 bits per heavy atom. The normalized spacial score (nSPS) is 11.2. The zero-order valence-electron chi connectivity index (χ0n) is 10.9. The number of nitrogens with zero attached hydrogens (tertiary/aromatic N) is 2. The van der Waals surface area contributed by atoms with Crippen molar-refractivity contribution in [2.45, 2.75) is 26.8 Å². The summed E-state index contributed by atoms with van der Waals surface area (Å²) in [5.41, 5.74) is 1.37. The molecule has 0 bridgehead atoms. The minimum absolute atomic E-state index is 0.985. The van der Waals surface area contributed by atoms with Gasteiger partial charge in [0.05, 0.1) is 0 Å². The van der Waals surface area contributed by atoms with Gasteiger partial charge in [0.25, 0.3) is 0 Å². The van der Waals surface area contributed by atoms with Crippen LogP contribution in [0.25, 0.3) is 0 Å². The molecule has 0 aliphatic carbocycles. The van der Waals surface area contributed by atoms with Crippen LogP contribution in [-0.4, -0.2) is 35.6 Å². The first-order valence-electron chi connectivity index (χ1n) is 6.30. The topological polar surface area (TPSA) is 20.2 Å². The molecule has 0 aliphatic heterocycles. The Morgan fingerprint density at radius 2 is 2.06 bits per heavy atom. The Balaban J connectivity index is 2.04. The van der Waals surface area contributed by atoms with Gasteiger partial charge in [-0.15, -0.1) is 0 Å². The molecule has 1 aromatic heterocycles. The minimum atomic E-state index is 0.985. The van der Waals surface area contributed by atoms with Crippen molar-refractivity contribution < 1.29 is 0 Å². The molecule has 0 amide bonds. The Labute approximate surface area is 99.4 Å². The molecule has 0 spiro atoms. The van der Waals surface area contributed by atoms with E-state index in [-0.39, 0.29) is 0 Å². The zero-order valence-corrected chi connectivity index (χ0v) is 10.9. The second-order valence-electron chi connectivity index (χ2n) is 4.24. The lowest BCUT2D eigenvalue weighted by Crippen LogP contribution is -2.27. The lowest BCUT2D eigenvalue weighted by Gasteiger charge is -2.17. The van der Waals surface area contributed by atoms with E-state index in [1.807, 2.05) is 0 Å². The smallest absolute Gasteiger partial charge is 0.0220 e. The van der Waals surface area contributed by atoms with Crippen LogP contribution in [0.3, 0.4) is 0 Å². The fraction of sp³-hybridized carbons (Fsp3) is 0.692. The van der Waals surface area contributed by atoms with E-state index in [9.17, 15) is 0 Å². The van der Waals surface area contributed by atoms with E-state index < -0.39 is 0 Å². The van der Waals surface area contributed by atoms with Crippen LogP contribution in [0.5, 0.6) is 0 Å². The molecule has 0 fully saturated rings. The molecule has 0 saturated heterocycles. The third-order valence-electron chi connectivity index (χ3n) is 2.94. The molecule has 3 heteroatoms. The van der Waals surface area contributed by atoms with E-state index in [2.05, 4.69) is 54.1 Å². The van der Waals surface area contributed by atoms with E-state index in [1.165, 1.54) is 18.5 Å². The molecule has 0 atom stereocenters. The summed E-state index contributed by atoms with van der Waals surface area (Å²) in [4.78, 5) is 2.46. The zero-order chi connectivity index (χ0) is 11.8. The first-order valence-corrected chi connectivity index (χ1v) is 6.30. The third kappa shape index (κ3) is 4.81. The second-order valence-corrected chi connectivity index (χ2v) is 4.24. The summed E-state index contributed by atoms with van der Waals surface area (Å²) in [6, 6.07) is 2.16. The van der Waals surface area contributed by atoms with Gasteiger partial charge in [0, 0.05) is 26.0 Å². The van der Waals surface area contributed by atoms with Crippen molar-refractivity contribution in [1.29, 1.82) is 0 Å². The van der Waals surface area contributed by atoms with E-state index in [1.54, 1.807) is 0 Å². The van der Waals surface area contributed by atoms with Gasteiger partial charge in [-0.2, -0.15) is 0 Å². The standard InChI is InChI=1S/C13H25N3/c1-4-16(5-2)9-6-8-14-11-13-7-10-15(3)12-13/h7,10,12,14H,4-6,8-9,11H2,1-3H3. The molecule has 1 N–H and O–H groups in total. The molecule has 0 radical (unpaired) electrons. The molecule has 1 rings (SSSR count). The molecule has 0 unspecified atom stereocenters. The quantitative estimate of drug-likeness (QED) is 0.679. The Hall–Kier alpha value is -0.800. The maximum atomic E-state index is 3.48. The van der Waals surface area contributed by atoms with Crippen molar-refractivity contribution in [1.82, 2.24) is 14.8 Å². The van der Waals surface area contributed by atoms with E-state index in [4.69, 9.17) is 0 Å². The Morgan fingerprint density at radius 3 is 2.62 bits per heavy atom. The van der Waals surface area contributed by atoms with Crippen LogP contribution in [0.15, 0.2) is 18.5 Å². The predicted octanol–water partition coefficient (Wildman–Crippen LogP) is 1.85. The van der Waals surface area contributed by atoms with Crippen molar-refractivity contribution in [2.24, 2.45) is 7.05 Å². The highest BCUT2D eigenvalue weighted by molar-refractivity contribution is 5.09. The lowest BCUT2D eigenvalue weighted by atomic mass is 10.3. The van der Waals surface area contributed by atoms with Gasteiger partial charge in [-0.05, 0) is 44.2 Å². The van der Waals surface area contributed by atoms with Crippen LogP contribution in [-0.2, 0) is 13.6 Å². The van der Waals surface area contributed by atoms with Gasteiger partial charge in [0.2, 0.25) is 0 Å². The summed E-state index contributed by atoms with van der Waals surface area (Å²) in [7, 11) is 2.06. The van der Waals surface area contributed by atoms with Gasteiger partial charge in [-0.3, -0.25) is 0 Å². The molecule has 1 aromatic rings. The lowest BCUT2D eigenvalue weighted by molar-refractivity contribution is 0.298. The first kappa shape index (κ1) is 13.3. The fourth-order valence-electron chi connectivity index (χ4n) is 1.87. The van der Waals surface area contributed by atoms with Crippen molar-refractivity contribution in [2.75, 3.05) is 26.2 Å². The molecule has 1 heterocycles. The summed E-state index contributed by atoms with van der Waals surface area (Å²) in [5, 5.41) is 3.48. The summed E-state index contributed by atoms with van der Waals surface area (Å²) in [5.74, 6) is 0. The molecule has 92 valence electrons. The van der Waals surface area contributed by atoms with Gasteiger partial charge in [0.1, 0.15) is 0 Å². The monoisotopic (exact) mass is 223 g/mol. The summed E-state index contributed by atoms with van der Waals surface area (Å²) in [6.45, 7) is 10.1. The molecule has 0 aliphatic rings. The first-order chi connectivity index (χ1) is 7.76. The van der Waals surface area contributed by atoms with Crippen molar-refractivity contribution >= 4 is 0 Å². The summed E-state index contributed by atoms with van der Waals surface area (Å²) in [6.07, 6.45) is 5.48. The number of hydrogen-bond acceptors (Lipinski definition) is 2. The number of nitrogens with one attached hydrogen (secondary N) is 1. The highest BCUT2D eigenvalue weighted by Crippen LogP contribution is 1.98. The van der Waals surface area contributed by atoms with E-state index >= 15 is 0 Å². The number of rotatable bonds is 8. The maximum absolute atomic E-state index is 3.48. The number of hydrogen-bond donors (Lipinski definition) is 1. The average molecular weight is 223 g/mol. The number of aryl methyl sites for hydroxylation is 1. The summed E-state index contributed by atoms with van der Waals surface area (Å²) >= 11 is 0. The van der Waals surface area contributed by atoms with Crippen LogP contribution in [0.1, 0.15) is 25.8 Å². The minimum Gasteiger partial charge on any atom is -0.357 e. The molecular weight excluding hydrogens is 198 g/mol. The highest BCUT2D eigenvalue weighted by atomic mass is 15.1. The summed E-state index contributed by atoms with van der Waals surface area (Å²) < 4.78 is 2.09. The van der Waals surface area contributed by atoms with Crippen molar-refractivity contribution in [3.05, 3.63) is 24.0 Å². The second kappa shape index (κ2) is 7.47. The van der Waals surface area contributed by atoms with E-state index in [0.717, 1.165) is 26.2 Å². The van der Waals surface area contributed by atoms with Gasteiger partial charge < -0.3 is 14.8 Å². The van der Waals surface area contributed by atoms with Gasteiger partial charge in [-0.25, -0.2) is 0 Å². The van der Waals surface area contributed by atoms with Gasteiger partial charge >= 0.3 is 0 Å². The number of aromatic nitrogens is 1. The van der Waals surface area contributed by atoms with E-state index in [0.29, 0.717) is 0 Å². The molecular formula is C13H25N3. The van der Waals surface area contributed by atoms with Gasteiger partial charge in [0.15, 0.2) is 0 Å². The van der Waals surface area contributed by atoms with Crippen LogP contribution >= 0.6 is 0 Å². The highest BCUT2D eigenvalue weighted by Gasteiger charge is 1.98. The fourth-order valence-corrected chi connectivity index (χ4v) is 1.87. The Bertz CT molecular complexity index is 276. The molecule has 3 nitrogen and oxygen atoms in total. The largest absolute Gasteiger partial charge is 0.357 e. The molecule has 0 aromatic carbocycles. The van der Waals surface area contributed by atoms with Crippen LogP contribution in [0, 0.1) is 0 Å². The van der Waals surface area contributed by atoms with Crippen molar-refractivity contribution in [3.63, 3.8) is 0 Å². The van der Waals surface area contributed by atoms with Crippen LogP contribution in [0.2, 0.25) is 0 Å². The molecule has 0 saturated carbocycles. The third-order valence-corrected chi connectivity index (χ3v) is 2.94. The van der Waals surface area contributed by atoms with Crippen LogP contribution < -0.4 is 5.32 Å². The average Bonchev–Trinajstić information content (AvgIpc) is 2.70. The Kier molecular flexibility index (Phi) is 6.19. The predicted molar refractivity (Wildman–Crippen MR) is 69.5 cm³/mol.